The predicted molar refractivity (Wildman–Crippen MR) is 101 cm³/mol. The molecule has 1 heterocycles. The minimum Gasteiger partial charge on any atom is -0.408 e. The Bertz CT molecular complexity index is 1030. The second-order valence-corrected chi connectivity index (χ2v) is 7.66. The van der Waals surface area contributed by atoms with Crippen LogP contribution in [0.15, 0.2) is 18.3 Å². The Morgan fingerprint density at radius 1 is 1.27 bits per heavy atom. The number of carbonyl (C=O) groups is 2. The van der Waals surface area contributed by atoms with Gasteiger partial charge in [-0.05, 0) is 11.5 Å². The maximum Gasteiger partial charge on any atom is 0.493 e. The van der Waals surface area contributed by atoms with Crippen LogP contribution in [0.25, 0.3) is 10.9 Å². The van der Waals surface area contributed by atoms with E-state index in [1.807, 2.05) is 26.8 Å². The lowest BCUT2D eigenvalue weighted by Crippen LogP contribution is -2.35. The fourth-order valence-corrected chi connectivity index (χ4v) is 2.45. The van der Waals surface area contributed by atoms with Crippen molar-refractivity contribution in [3.63, 3.8) is 0 Å². The van der Waals surface area contributed by atoms with E-state index in [0.29, 0.717) is 23.1 Å². The zero-order valence-electron chi connectivity index (χ0n) is 16.0. The molecular weight excluding hydrogens is 429 g/mol. The molecule has 160 valence electrons. The molecule has 0 fully saturated rings. The number of pyridine rings is 1. The van der Waals surface area contributed by atoms with Crippen LogP contribution in [0.4, 0.5) is 23.7 Å². The predicted octanol–water partition coefficient (Wildman–Crippen LogP) is 4.33. The number of ether oxygens (including phenoxy) is 1. The van der Waals surface area contributed by atoms with Gasteiger partial charge in [0.15, 0.2) is 0 Å². The number of benzene rings is 1. The molecule has 8 nitrogen and oxygen atoms in total. The molecule has 1 amide bonds. The molecule has 2 N–H and O–H groups in total. The van der Waals surface area contributed by atoms with E-state index in [9.17, 15) is 28.0 Å². The molecule has 30 heavy (non-hydrogen) atoms. The fraction of sp³-hybridized carbons (Fsp3) is 0.333. The van der Waals surface area contributed by atoms with Crippen molar-refractivity contribution in [1.82, 2.24) is 10.5 Å². The lowest BCUT2D eigenvalue weighted by molar-refractivity contribution is -0.205. The molecule has 1 aromatic heterocycles. The number of aromatic nitrogens is 1. The Morgan fingerprint density at radius 2 is 1.93 bits per heavy atom. The molecule has 0 aliphatic carbocycles. The largest absolute Gasteiger partial charge is 0.493 e. The average Bonchev–Trinajstić information content (AvgIpc) is 2.62. The molecule has 0 bridgehead atoms. The van der Waals surface area contributed by atoms with Crippen molar-refractivity contribution >= 4 is 40.3 Å². The molecule has 2 rings (SSSR count). The van der Waals surface area contributed by atoms with Crippen molar-refractivity contribution < 1.29 is 32.3 Å². The summed E-state index contributed by atoms with van der Waals surface area (Å²) in [7, 11) is 0. The number of hydroxylamine groups is 1. The summed E-state index contributed by atoms with van der Waals surface area (Å²) in [4.78, 5) is 30.0. The van der Waals surface area contributed by atoms with Gasteiger partial charge < -0.3 is 14.9 Å². The van der Waals surface area contributed by atoms with Gasteiger partial charge in [-0.3, -0.25) is 4.98 Å². The third-order valence-corrected chi connectivity index (χ3v) is 3.77. The highest BCUT2D eigenvalue weighted by molar-refractivity contribution is 6.35. The van der Waals surface area contributed by atoms with Crippen LogP contribution in [0, 0.1) is 16.7 Å². The standard InChI is InChI=1S/C18H16ClF3N4O4/c1-17(2,3)8-25-13-9(6-23)7-24-14-11(13)4-10(5-12(14)19)29-16(28)26-30-15(27)18(20,21)22/h4-5,7H,8H2,1-3H3,(H,24,25)(H,26,28). The van der Waals surface area contributed by atoms with Crippen LogP contribution in [-0.2, 0) is 9.63 Å². The Balaban J connectivity index is 2.33. The van der Waals surface area contributed by atoms with E-state index in [4.69, 9.17) is 16.3 Å². The minimum absolute atomic E-state index is 0.0610. The van der Waals surface area contributed by atoms with E-state index in [1.165, 1.54) is 23.8 Å². The van der Waals surface area contributed by atoms with Gasteiger partial charge in [0, 0.05) is 24.2 Å². The Labute approximate surface area is 173 Å². The topological polar surface area (TPSA) is 113 Å². The van der Waals surface area contributed by atoms with Crippen molar-refractivity contribution in [3.8, 4) is 11.8 Å². The van der Waals surface area contributed by atoms with Gasteiger partial charge in [0.1, 0.15) is 11.8 Å². The van der Waals surface area contributed by atoms with Gasteiger partial charge >= 0.3 is 18.2 Å². The first kappa shape index (κ1) is 23.0. The van der Waals surface area contributed by atoms with E-state index in [2.05, 4.69) is 15.1 Å². The number of anilines is 1. The van der Waals surface area contributed by atoms with E-state index in [0.717, 1.165) is 0 Å². The number of carbonyl (C=O) groups excluding carboxylic acids is 2. The molecular formula is C18H16ClF3N4O4. The summed E-state index contributed by atoms with van der Waals surface area (Å²) < 4.78 is 41.1. The van der Waals surface area contributed by atoms with Crippen molar-refractivity contribution in [2.75, 3.05) is 11.9 Å². The summed E-state index contributed by atoms with van der Waals surface area (Å²) >= 11 is 6.17. The van der Waals surface area contributed by atoms with E-state index in [1.54, 1.807) is 0 Å². The quantitative estimate of drug-likeness (QED) is 0.677. The number of fused-ring (bicyclic) bond motifs is 1. The third kappa shape index (κ3) is 5.87. The number of hydrogen-bond donors (Lipinski definition) is 2. The monoisotopic (exact) mass is 444 g/mol. The summed E-state index contributed by atoms with van der Waals surface area (Å²) in [6, 6.07) is 4.52. The van der Waals surface area contributed by atoms with Crippen LogP contribution in [0.2, 0.25) is 5.02 Å². The van der Waals surface area contributed by atoms with Crippen molar-refractivity contribution in [2.24, 2.45) is 5.41 Å². The number of nitriles is 1. The molecule has 0 unspecified atom stereocenters. The zero-order chi connectivity index (χ0) is 22.7. The molecule has 12 heteroatoms. The van der Waals surface area contributed by atoms with E-state index in [-0.39, 0.29) is 21.8 Å². The van der Waals surface area contributed by atoms with E-state index >= 15 is 0 Å². The molecule has 2 aromatic rings. The molecule has 1 aromatic carbocycles. The number of alkyl halides is 3. The summed E-state index contributed by atoms with van der Waals surface area (Å²) in [6.07, 6.45) is -5.44. The first-order valence-corrected chi connectivity index (χ1v) is 8.71. The molecule has 0 saturated carbocycles. The first-order valence-electron chi connectivity index (χ1n) is 8.34. The summed E-state index contributed by atoms with van der Waals surface area (Å²) in [6.45, 7) is 6.41. The molecule has 0 saturated heterocycles. The minimum atomic E-state index is -5.29. The summed E-state index contributed by atoms with van der Waals surface area (Å²) in [5.74, 6) is -2.80. The Morgan fingerprint density at radius 3 is 2.50 bits per heavy atom. The second kappa shape index (κ2) is 8.62. The molecule has 0 spiro atoms. The van der Waals surface area contributed by atoms with Crippen molar-refractivity contribution in [1.29, 1.82) is 5.26 Å². The molecule has 0 atom stereocenters. The summed E-state index contributed by atoms with van der Waals surface area (Å²) in [5, 5.41) is 12.9. The van der Waals surface area contributed by atoms with Gasteiger partial charge in [-0.25, -0.2) is 9.59 Å². The van der Waals surface area contributed by atoms with E-state index < -0.39 is 18.2 Å². The third-order valence-electron chi connectivity index (χ3n) is 3.48. The second-order valence-electron chi connectivity index (χ2n) is 7.25. The number of halogens is 4. The van der Waals surface area contributed by atoms with Gasteiger partial charge in [-0.2, -0.15) is 18.4 Å². The lowest BCUT2D eigenvalue weighted by atomic mass is 9.96. The highest BCUT2D eigenvalue weighted by atomic mass is 35.5. The average molecular weight is 445 g/mol. The van der Waals surface area contributed by atoms with Crippen LogP contribution in [0.1, 0.15) is 26.3 Å². The fourth-order valence-electron chi connectivity index (χ4n) is 2.20. The van der Waals surface area contributed by atoms with Gasteiger partial charge in [0.2, 0.25) is 0 Å². The van der Waals surface area contributed by atoms with Crippen molar-refractivity contribution in [3.05, 3.63) is 28.9 Å². The van der Waals surface area contributed by atoms with Crippen LogP contribution in [-0.4, -0.2) is 29.8 Å². The molecule has 0 radical (unpaired) electrons. The number of rotatable bonds is 3. The number of amides is 1. The van der Waals surface area contributed by atoms with Crippen LogP contribution >= 0.6 is 11.6 Å². The van der Waals surface area contributed by atoms with Gasteiger partial charge in [-0.1, -0.05) is 32.4 Å². The highest BCUT2D eigenvalue weighted by Crippen LogP contribution is 2.34. The van der Waals surface area contributed by atoms with Gasteiger partial charge in [-0.15, -0.1) is 5.48 Å². The van der Waals surface area contributed by atoms with Gasteiger partial charge in [0.25, 0.3) is 0 Å². The molecule has 0 aliphatic heterocycles. The van der Waals surface area contributed by atoms with Gasteiger partial charge in [0.05, 0.1) is 21.8 Å². The van der Waals surface area contributed by atoms with Crippen molar-refractivity contribution in [2.45, 2.75) is 26.9 Å². The number of hydrogen-bond acceptors (Lipinski definition) is 7. The highest BCUT2D eigenvalue weighted by Gasteiger charge is 2.42. The summed E-state index contributed by atoms with van der Waals surface area (Å²) in [5.41, 5.74) is 2.01. The maximum atomic E-state index is 12.1. The maximum absolute atomic E-state index is 12.1. The number of nitrogens with one attached hydrogen (secondary N) is 2. The molecule has 0 aliphatic rings. The van der Waals surface area contributed by atoms with Crippen LogP contribution < -0.4 is 15.5 Å². The SMILES string of the molecule is CC(C)(C)CNc1c(C#N)cnc2c(Cl)cc(OC(=O)NOC(=O)C(F)(F)F)cc12. The first-order chi connectivity index (χ1) is 13.8. The Kier molecular flexibility index (Phi) is 6.62. The normalized spacial score (nSPS) is 11.5. The lowest BCUT2D eigenvalue weighted by Gasteiger charge is -2.21. The van der Waals surface area contributed by atoms with Crippen LogP contribution in [0.5, 0.6) is 5.75 Å². The Hall–Kier alpha value is -3.26. The van der Waals surface area contributed by atoms with Crippen LogP contribution in [0.3, 0.4) is 0 Å². The zero-order valence-corrected chi connectivity index (χ0v) is 16.7. The number of nitrogens with zero attached hydrogens (tertiary/aromatic N) is 2. The smallest absolute Gasteiger partial charge is 0.408 e.